The molecule has 206 valence electrons. The first kappa shape index (κ1) is 27.1. The van der Waals surface area contributed by atoms with Crippen LogP contribution in [0.15, 0.2) is 93.0 Å². The van der Waals surface area contributed by atoms with Crippen LogP contribution in [-0.4, -0.2) is 42.8 Å². The smallest absolute Gasteiger partial charge is 0.338 e. The first-order valence-electron chi connectivity index (χ1n) is 12.7. The number of amidine groups is 1. The summed E-state index contributed by atoms with van der Waals surface area (Å²) in [5.74, 6) is 1.10. The summed E-state index contributed by atoms with van der Waals surface area (Å²) >= 11 is 1.40. The van der Waals surface area contributed by atoms with Crippen molar-refractivity contribution in [2.75, 3.05) is 20.8 Å². The molecule has 0 aliphatic carbocycles. The van der Waals surface area contributed by atoms with Gasteiger partial charge in [-0.25, -0.2) is 9.79 Å². The van der Waals surface area contributed by atoms with E-state index >= 15 is 0 Å². The lowest BCUT2D eigenvalue weighted by Gasteiger charge is -2.37. The molecule has 5 rings (SSSR count). The van der Waals surface area contributed by atoms with Crippen LogP contribution >= 0.6 is 11.8 Å². The summed E-state index contributed by atoms with van der Waals surface area (Å²) in [5.41, 5.74) is 3.04. The Balaban J connectivity index is 1.60. The van der Waals surface area contributed by atoms with Crippen molar-refractivity contribution >= 4 is 34.5 Å². The van der Waals surface area contributed by atoms with Crippen molar-refractivity contribution in [3.63, 3.8) is 0 Å². The third-order valence-electron chi connectivity index (χ3n) is 6.47. The molecule has 3 heterocycles. The van der Waals surface area contributed by atoms with Crippen molar-refractivity contribution < 1.29 is 28.2 Å². The number of methoxy groups -OCH3 is 2. The van der Waals surface area contributed by atoms with E-state index in [1.807, 2.05) is 52.8 Å². The van der Waals surface area contributed by atoms with Crippen molar-refractivity contribution in [2.45, 2.75) is 25.9 Å². The number of carbonyl (C=O) groups excluding carboxylic acids is 2. The van der Waals surface area contributed by atoms with Gasteiger partial charge >= 0.3 is 5.97 Å². The van der Waals surface area contributed by atoms with Crippen LogP contribution in [0.3, 0.4) is 0 Å². The van der Waals surface area contributed by atoms with E-state index < -0.39 is 12.0 Å². The molecule has 0 unspecified atom stereocenters. The lowest BCUT2D eigenvalue weighted by Crippen LogP contribution is -2.38. The Bertz CT molecular complexity index is 1480. The number of fused-ring (bicyclic) bond motifs is 1. The third kappa shape index (κ3) is 5.48. The van der Waals surface area contributed by atoms with Gasteiger partial charge in [-0.05, 0) is 36.6 Å². The Labute approximate surface area is 236 Å². The second-order valence-corrected chi connectivity index (χ2v) is 9.72. The lowest BCUT2D eigenvalue weighted by molar-refractivity contribution is -0.139. The average molecular weight is 560 g/mol. The molecule has 1 amide bonds. The normalized spacial score (nSPS) is 16.2. The van der Waals surface area contributed by atoms with Crippen LogP contribution < -0.4 is 14.8 Å². The van der Waals surface area contributed by atoms with Gasteiger partial charge in [-0.2, -0.15) is 0 Å². The number of hydrogen-bond acceptors (Lipinski definition) is 9. The summed E-state index contributed by atoms with van der Waals surface area (Å²) in [6.45, 7) is 2.23. The molecule has 40 heavy (non-hydrogen) atoms. The van der Waals surface area contributed by atoms with Crippen molar-refractivity contribution in [3.8, 4) is 11.5 Å². The number of nitrogens with one attached hydrogen (secondary N) is 1. The van der Waals surface area contributed by atoms with Gasteiger partial charge in [0.25, 0.3) is 0 Å². The zero-order chi connectivity index (χ0) is 28.1. The molecule has 9 nitrogen and oxygen atoms in total. The molecule has 0 fully saturated rings. The quantitative estimate of drug-likeness (QED) is 0.335. The maximum absolute atomic E-state index is 13.7. The minimum absolute atomic E-state index is 0.0679. The van der Waals surface area contributed by atoms with Gasteiger partial charge in [0.15, 0.2) is 5.17 Å². The number of hydrogen-bond donors (Lipinski definition) is 1. The van der Waals surface area contributed by atoms with Crippen LogP contribution in [0.4, 0.5) is 0 Å². The summed E-state index contributed by atoms with van der Waals surface area (Å²) in [6, 6.07) is 17.9. The van der Waals surface area contributed by atoms with E-state index in [2.05, 4.69) is 5.32 Å². The monoisotopic (exact) mass is 559 g/mol. The van der Waals surface area contributed by atoms with Gasteiger partial charge in [-0.15, -0.1) is 0 Å². The summed E-state index contributed by atoms with van der Waals surface area (Å²) in [4.78, 5) is 33.5. The number of benzene rings is 2. The van der Waals surface area contributed by atoms with E-state index in [1.165, 1.54) is 11.8 Å². The number of aliphatic imine (C=N–C) groups is 1. The lowest BCUT2D eigenvalue weighted by atomic mass is 9.90. The second kappa shape index (κ2) is 12.2. The Morgan fingerprint density at radius 1 is 1.07 bits per heavy atom. The molecule has 3 aromatic rings. The molecule has 2 aliphatic heterocycles. The molecular weight excluding hydrogens is 530 g/mol. The topological polar surface area (TPSA) is 103 Å². The summed E-state index contributed by atoms with van der Waals surface area (Å²) in [7, 11) is 3.15. The Morgan fingerprint density at radius 3 is 2.60 bits per heavy atom. The number of nitrogens with zero attached hydrogens (tertiary/aromatic N) is 2. The molecule has 2 aliphatic rings. The molecule has 0 bridgehead atoms. The highest BCUT2D eigenvalue weighted by Crippen LogP contribution is 2.49. The van der Waals surface area contributed by atoms with E-state index in [4.69, 9.17) is 23.6 Å². The molecular formula is C30H29N3O6S. The highest BCUT2D eigenvalue weighted by molar-refractivity contribution is 8.16. The fourth-order valence-electron chi connectivity index (χ4n) is 4.65. The zero-order valence-electron chi connectivity index (χ0n) is 22.4. The van der Waals surface area contributed by atoms with Crippen molar-refractivity contribution in [2.24, 2.45) is 4.99 Å². The van der Waals surface area contributed by atoms with Gasteiger partial charge in [-0.1, -0.05) is 42.1 Å². The van der Waals surface area contributed by atoms with Gasteiger partial charge in [-0.3, -0.25) is 4.79 Å². The van der Waals surface area contributed by atoms with E-state index in [-0.39, 0.29) is 25.5 Å². The molecule has 0 radical (unpaired) electrons. The minimum atomic E-state index is -0.679. The predicted octanol–water partition coefficient (Wildman–Crippen LogP) is 5.28. The molecule has 10 heteroatoms. The van der Waals surface area contributed by atoms with Crippen LogP contribution in [-0.2, 0) is 20.9 Å². The van der Waals surface area contributed by atoms with Gasteiger partial charge < -0.3 is 28.8 Å². The van der Waals surface area contributed by atoms with Crippen molar-refractivity contribution in [3.05, 3.63) is 100 Å². The van der Waals surface area contributed by atoms with Crippen LogP contribution in [0.1, 0.15) is 36.3 Å². The fraction of sp³-hybridized carbons (Fsp3) is 0.233. The third-order valence-corrected chi connectivity index (χ3v) is 7.36. The van der Waals surface area contributed by atoms with Gasteiger partial charge in [0, 0.05) is 22.9 Å². The Kier molecular flexibility index (Phi) is 8.26. The van der Waals surface area contributed by atoms with Crippen molar-refractivity contribution in [1.29, 1.82) is 0 Å². The summed E-state index contributed by atoms with van der Waals surface area (Å²) in [5, 5.41) is 5.43. The van der Waals surface area contributed by atoms with Crippen molar-refractivity contribution in [1.82, 2.24) is 10.2 Å². The number of esters is 1. The fourth-order valence-corrected chi connectivity index (χ4v) is 5.57. The Morgan fingerprint density at radius 2 is 1.90 bits per heavy atom. The predicted molar refractivity (Wildman–Crippen MR) is 152 cm³/mol. The molecule has 1 N–H and O–H groups in total. The molecule has 0 saturated heterocycles. The van der Waals surface area contributed by atoms with E-state index in [1.54, 1.807) is 45.6 Å². The van der Waals surface area contributed by atoms with Gasteiger partial charge in [0.05, 0.1) is 57.4 Å². The first-order chi connectivity index (χ1) is 19.5. The minimum Gasteiger partial charge on any atom is -0.497 e. The summed E-state index contributed by atoms with van der Waals surface area (Å²) < 4.78 is 22.1. The maximum atomic E-state index is 13.7. The molecule has 0 saturated carbocycles. The molecule has 1 aromatic heterocycles. The number of furan rings is 1. The maximum Gasteiger partial charge on any atom is 0.338 e. The SMILES string of the molecule is CCOC(=O)C1=C(c2ccccc2)N=C2SC=C(CC(=O)NCc3ccco3)N2[C@@H]1c1ccc(OC)cc1OC. The number of thioether (sulfide) groups is 1. The molecule has 1 atom stereocenters. The van der Waals surface area contributed by atoms with Crippen LogP contribution in [0.2, 0.25) is 0 Å². The first-order valence-corrected chi connectivity index (χ1v) is 13.6. The molecule has 2 aromatic carbocycles. The van der Waals surface area contributed by atoms with Gasteiger partial charge in [0.1, 0.15) is 17.3 Å². The van der Waals surface area contributed by atoms with E-state index in [0.717, 1.165) is 5.56 Å². The largest absolute Gasteiger partial charge is 0.497 e. The highest BCUT2D eigenvalue weighted by atomic mass is 32.2. The zero-order valence-corrected chi connectivity index (χ0v) is 23.2. The highest BCUT2D eigenvalue weighted by Gasteiger charge is 2.43. The average Bonchev–Trinajstić information content (AvgIpc) is 3.65. The van der Waals surface area contributed by atoms with Gasteiger partial charge in [0.2, 0.25) is 5.91 Å². The van der Waals surface area contributed by atoms with Crippen LogP contribution in [0, 0.1) is 0 Å². The number of carbonyl (C=O) groups is 2. The standard InChI is InChI=1S/C30H29N3O6S/c1-4-38-29(35)26-27(19-9-6-5-7-10-19)32-30-33(28(26)23-13-12-21(36-2)16-24(23)37-3)20(18-40-30)15-25(34)31-17-22-11-8-14-39-22/h5-14,16,18,28H,4,15,17H2,1-3H3,(H,31,34)/t28-/m1/s1. The van der Waals surface area contributed by atoms with Crippen LogP contribution in [0.5, 0.6) is 11.5 Å². The summed E-state index contributed by atoms with van der Waals surface area (Å²) in [6.07, 6.45) is 1.63. The second-order valence-electron chi connectivity index (χ2n) is 8.88. The van der Waals surface area contributed by atoms with Crippen LogP contribution in [0.25, 0.3) is 5.70 Å². The number of ether oxygens (including phenoxy) is 3. The molecule has 0 spiro atoms. The Hall–Kier alpha value is -4.44. The van der Waals surface area contributed by atoms with E-state index in [0.29, 0.717) is 45.0 Å². The number of rotatable bonds is 10. The number of amides is 1. The van der Waals surface area contributed by atoms with E-state index in [9.17, 15) is 9.59 Å².